The van der Waals surface area contributed by atoms with Gasteiger partial charge in [-0.15, -0.1) is 0 Å². The summed E-state index contributed by atoms with van der Waals surface area (Å²) < 4.78 is 12.3. The zero-order valence-corrected chi connectivity index (χ0v) is 14.7. The van der Waals surface area contributed by atoms with Crippen LogP contribution in [0.2, 0.25) is 0 Å². The van der Waals surface area contributed by atoms with Crippen LogP contribution in [0.5, 0.6) is 5.75 Å². The average molecular weight is 352 g/mol. The van der Waals surface area contributed by atoms with E-state index in [-0.39, 0.29) is 12.2 Å². The van der Waals surface area contributed by atoms with Crippen LogP contribution in [-0.4, -0.2) is 22.0 Å². The van der Waals surface area contributed by atoms with Gasteiger partial charge in [0.2, 0.25) is 0 Å². The molecule has 0 amide bonds. The van der Waals surface area contributed by atoms with E-state index in [0.717, 1.165) is 0 Å². The van der Waals surface area contributed by atoms with Crippen molar-refractivity contribution in [3.8, 4) is 5.75 Å². The molecule has 0 radical (unpaired) electrons. The molecule has 0 saturated carbocycles. The van der Waals surface area contributed by atoms with Crippen LogP contribution in [0.1, 0.15) is 29.9 Å². The Labute approximate surface area is 151 Å². The van der Waals surface area contributed by atoms with Crippen molar-refractivity contribution in [2.75, 3.05) is 6.61 Å². The molecule has 2 heterocycles. The van der Waals surface area contributed by atoms with Gasteiger partial charge in [-0.2, -0.15) is 0 Å². The predicted octanol–water partition coefficient (Wildman–Crippen LogP) is 3.09. The maximum absolute atomic E-state index is 12.3. The number of ether oxygens (including phenoxy) is 2. The second-order valence-corrected chi connectivity index (χ2v) is 6.32. The van der Waals surface area contributed by atoms with E-state index >= 15 is 0 Å². The summed E-state index contributed by atoms with van der Waals surface area (Å²) in [5.41, 5.74) is 1.09. The topological polar surface area (TPSA) is 69.9 Å². The van der Waals surface area contributed by atoms with Gasteiger partial charge in [0.25, 0.3) is 5.56 Å². The Morgan fingerprint density at radius 2 is 2.00 bits per heavy atom. The molecule has 0 bridgehead atoms. The van der Waals surface area contributed by atoms with Crippen molar-refractivity contribution in [2.24, 2.45) is 5.92 Å². The highest BCUT2D eigenvalue weighted by Gasteiger charge is 2.10. The number of aromatic nitrogens is 2. The van der Waals surface area contributed by atoms with Crippen LogP contribution in [0, 0.1) is 5.92 Å². The zero-order chi connectivity index (χ0) is 18.5. The highest BCUT2D eigenvalue weighted by molar-refractivity contribution is 5.89. The first-order valence-electron chi connectivity index (χ1n) is 8.40. The maximum Gasteiger partial charge on any atom is 0.338 e. The Kier molecular flexibility index (Phi) is 5.31. The Bertz CT molecular complexity index is 979. The van der Waals surface area contributed by atoms with E-state index in [0.29, 0.717) is 35.2 Å². The molecule has 134 valence electrons. The third kappa shape index (κ3) is 4.27. The van der Waals surface area contributed by atoms with Crippen molar-refractivity contribution in [3.63, 3.8) is 0 Å². The molecule has 0 fully saturated rings. The summed E-state index contributed by atoms with van der Waals surface area (Å²) in [7, 11) is 0. The average Bonchev–Trinajstić information content (AvgIpc) is 2.65. The van der Waals surface area contributed by atoms with Crippen molar-refractivity contribution < 1.29 is 14.3 Å². The predicted molar refractivity (Wildman–Crippen MR) is 97.4 cm³/mol. The van der Waals surface area contributed by atoms with E-state index in [1.165, 1.54) is 10.5 Å². The molecule has 6 heteroatoms. The highest BCUT2D eigenvalue weighted by atomic mass is 16.5. The number of esters is 1. The van der Waals surface area contributed by atoms with Crippen molar-refractivity contribution in [1.29, 1.82) is 0 Å². The summed E-state index contributed by atoms with van der Waals surface area (Å²) in [4.78, 5) is 28.6. The molecule has 1 aromatic carbocycles. The second kappa shape index (κ2) is 7.82. The lowest BCUT2D eigenvalue weighted by Crippen LogP contribution is -2.16. The minimum Gasteiger partial charge on any atom is -0.493 e. The number of carbonyl (C=O) groups excluding carboxylic acids is 1. The molecule has 6 nitrogen and oxygen atoms in total. The van der Waals surface area contributed by atoms with E-state index in [4.69, 9.17) is 9.47 Å². The Morgan fingerprint density at radius 3 is 2.81 bits per heavy atom. The molecule has 0 saturated heterocycles. The summed E-state index contributed by atoms with van der Waals surface area (Å²) in [5.74, 6) is 0.522. The van der Waals surface area contributed by atoms with Crippen molar-refractivity contribution in [2.45, 2.75) is 20.5 Å². The van der Waals surface area contributed by atoms with Gasteiger partial charge in [0.15, 0.2) is 0 Å². The fourth-order valence-electron chi connectivity index (χ4n) is 2.38. The van der Waals surface area contributed by atoms with Gasteiger partial charge in [0.1, 0.15) is 18.0 Å². The first-order valence-corrected chi connectivity index (χ1v) is 8.40. The number of carbonyl (C=O) groups is 1. The molecule has 26 heavy (non-hydrogen) atoms. The van der Waals surface area contributed by atoms with Gasteiger partial charge in [0, 0.05) is 12.3 Å². The number of pyridine rings is 1. The van der Waals surface area contributed by atoms with Crippen LogP contribution in [0.3, 0.4) is 0 Å². The van der Waals surface area contributed by atoms with E-state index < -0.39 is 5.97 Å². The lowest BCUT2D eigenvalue weighted by molar-refractivity contribution is 0.0467. The third-order valence-electron chi connectivity index (χ3n) is 3.63. The largest absolute Gasteiger partial charge is 0.493 e. The smallest absolute Gasteiger partial charge is 0.338 e. The minimum atomic E-state index is -0.491. The molecule has 0 aliphatic heterocycles. The number of benzene rings is 1. The molecule has 0 atom stereocenters. The molecule has 0 aliphatic carbocycles. The summed E-state index contributed by atoms with van der Waals surface area (Å²) in [6.45, 7) is 4.61. The van der Waals surface area contributed by atoms with Gasteiger partial charge < -0.3 is 9.47 Å². The first kappa shape index (κ1) is 17.7. The van der Waals surface area contributed by atoms with Gasteiger partial charge in [-0.25, -0.2) is 9.78 Å². The van der Waals surface area contributed by atoms with Crippen LogP contribution in [0.15, 0.2) is 59.5 Å². The third-order valence-corrected chi connectivity index (χ3v) is 3.63. The molecule has 3 aromatic rings. The van der Waals surface area contributed by atoms with E-state index in [1.807, 2.05) is 0 Å². The fourth-order valence-corrected chi connectivity index (χ4v) is 2.38. The number of hydrogen-bond acceptors (Lipinski definition) is 5. The fraction of sp³-hybridized carbons (Fsp3) is 0.250. The monoisotopic (exact) mass is 352 g/mol. The Hall–Kier alpha value is -3.15. The van der Waals surface area contributed by atoms with E-state index in [9.17, 15) is 9.59 Å². The van der Waals surface area contributed by atoms with Crippen LogP contribution < -0.4 is 10.3 Å². The number of fused-ring (bicyclic) bond motifs is 1. The van der Waals surface area contributed by atoms with Gasteiger partial charge >= 0.3 is 5.97 Å². The molecule has 2 aromatic heterocycles. The summed E-state index contributed by atoms with van der Waals surface area (Å²) >= 11 is 0. The SMILES string of the molecule is CC(C)COc1cccc(C(=O)OCc2cc(=O)n3ccccc3n2)c1. The molecule has 0 unspecified atom stereocenters. The van der Waals surface area contributed by atoms with Crippen molar-refractivity contribution in [1.82, 2.24) is 9.38 Å². The molecular weight excluding hydrogens is 332 g/mol. The summed E-state index contributed by atoms with van der Waals surface area (Å²) in [6, 6.07) is 13.5. The van der Waals surface area contributed by atoms with Crippen molar-refractivity contribution >= 4 is 11.6 Å². The Balaban J connectivity index is 1.69. The second-order valence-electron chi connectivity index (χ2n) is 6.32. The lowest BCUT2D eigenvalue weighted by atomic mass is 10.2. The Morgan fingerprint density at radius 1 is 1.15 bits per heavy atom. The van der Waals surface area contributed by atoms with Crippen LogP contribution >= 0.6 is 0 Å². The first-order chi connectivity index (χ1) is 12.5. The maximum atomic E-state index is 12.3. The summed E-state index contributed by atoms with van der Waals surface area (Å²) in [5, 5.41) is 0. The van der Waals surface area contributed by atoms with Crippen LogP contribution in [-0.2, 0) is 11.3 Å². The van der Waals surface area contributed by atoms with Gasteiger partial charge in [0.05, 0.1) is 17.9 Å². The molecule has 0 spiro atoms. The molecule has 0 N–H and O–H groups in total. The zero-order valence-electron chi connectivity index (χ0n) is 14.7. The summed E-state index contributed by atoms with van der Waals surface area (Å²) in [6.07, 6.45) is 1.64. The number of hydrogen-bond donors (Lipinski definition) is 0. The van der Waals surface area contributed by atoms with E-state index in [1.54, 1.807) is 48.7 Å². The molecule has 0 aliphatic rings. The van der Waals surface area contributed by atoms with Gasteiger partial charge in [-0.05, 0) is 36.2 Å². The van der Waals surface area contributed by atoms with E-state index in [2.05, 4.69) is 18.8 Å². The molecule has 3 rings (SSSR count). The van der Waals surface area contributed by atoms with Gasteiger partial charge in [-0.3, -0.25) is 9.20 Å². The van der Waals surface area contributed by atoms with Crippen molar-refractivity contribution in [3.05, 3.63) is 76.3 Å². The normalized spacial score (nSPS) is 10.9. The number of nitrogens with zero attached hydrogens (tertiary/aromatic N) is 2. The number of rotatable bonds is 6. The highest BCUT2D eigenvalue weighted by Crippen LogP contribution is 2.15. The standard InChI is InChI=1S/C20H20N2O4/c1-14(2)12-25-17-7-5-6-15(10-17)20(24)26-13-16-11-19(23)22-9-4-3-8-18(22)21-16/h3-11,14H,12-13H2,1-2H3. The quantitative estimate of drug-likeness (QED) is 0.638. The minimum absolute atomic E-state index is 0.0729. The van der Waals surface area contributed by atoms with Crippen LogP contribution in [0.4, 0.5) is 0 Å². The lowest BCUT2D eigenvalue weighted by Gasteiger charge is -2.10. The van der Waals surface area contributed by atoms with Gasteiger partial charge in [-0.1, -0.05) is 26.0 Å². The molecular formula is C20H20N2O4. The van der Waals surface area contributed by atoms with Crippen LogP contribution in [0.25, 0.3) is 5.65 Å².